The van der Waals surface area contributed by atoms with Crippen LogP contribution in [0.3, 0.4) is 0 Å². The summed E-state index contributed by atoms with van der Waals surface area (Å²) in [5.74, 6) is 0.867. The molecule has 0 radical (unpaired) electrons. The number of ether oxygens (including phenoxy) is 3. The van der Waals surface area contributed by atoms with E-state index in [9.17, 15) is 12.8 Å². The average molecular weight is 422 g/mol. The van der Waals surface area contributed by atoms with Gasteiger partial charge in [0, 0.05) is 38.8 Å². The van der Waals surface area contributed by atoms with Gasteiger partial charge >= 0.3 is 0 Å². The molecule has 2 aliphatic rings. The number of nitrogens with zero attached hydrogens (tertiary/aromatic N) is 2. The molecule has 9 heteroatoms. The lowest BCUT2D eigenvalue weighted by Crippen LogP contribution is -2.49. The van der Waals surface area contributed by atoms with Crippen molar-refractivity contribution in [1.82, 2.24) is 9.21 Å². The number of fused-ring (bicyclic) bond motifs is 1. The van der Waals surface area contributed by atoms with Crippen LogP contribution in [0.25, 0.3) is 0 Å². The van der Waals surface area contributed by atoms with Crippen molar-refractivity contribution in [2.75, 3.05) is 52.5 Å². The van der Waals surface area contributed by atoms with Crippen LogP contribution < -0.4 is 14.2 Å². The molecule has 1 fully saturated rings. The first-order valence-corrected chi connectivity index (χ1v) is 11.0. The maximum Gasteiger partial charge on any atom is 0.243 e. The van der Waals surface area contributed by atoms with Gasteiger partial charge in [-0.15, -0.1) is 0 Å². The van der Waals surface area contributed by atoms with Crippen LogP contribution in [0.2, 0.25) is 0 Å². The van der Waals surface area contributed by atoms with Crippen molar-refractivity contribution in [3.8, 4) is 17.2 Å². The first kappa shape index (κ1) is 19.9. The zero-order chi connectivity index (χ0) is 20.3. The van der Waals surface area contributed by atoms with Gasteiger partial charge in [0.15, 0.2) is 23.1 Å². The summed E-state index contributed by atoms with van der Waals surface area (Å²) in [6, 6.07) is 11.0. The minimum absolute atomic E-state index is 0.207. The molecule has 0 bridgehead atoms. The predicted molar refractivity (Wildman–Crippen MR) is 105 cm³/mol. The van der Waals surface area contributed by atoms with Crippen molar-refractivity contribution in [2.24, 2.45) is 0 Å². The number of hydrogen-bond donors (Lipinski definition) is 0. The fourth-order valence-electron chi connectivity index (χ4n) is 3.37. The molecule has 0 unspecified atom stereocenters. The second-order valence-electron chi connectivity index (χ2n) is 6.83. The molecule has 0 N–H and O–H groups in total. The molecular weight excluding hydrogens is 399 g/mol. The molecule has 0 atom stereocenters. The number of sulfonamides is 1. The van der Waals surface area contributed by atoms with Gasteiger partial charge in [-0.3, -0.25) is 4.90 Å². The van der Waals surface area contributed by atoms with Crippen LogP contribution in [0.15, 0.2) is 47.4 Å². The Hall–Kier alpha value is -2.36. The first-order valence-electron chi connectivity index (χ1n) is 9.53. The summed E-state index contributed by atoms with van der Waals surface area (Å²) in [6.45, 7) is 3.76. The third-order valence-electron chi connectivity index (χ3n) is 4.98. The summed E-state index contributed by atoms with van der Waals surface area (Å²) in [7, 11) is -3.60. The van der Waals surface area contributed by atoms with Gasteiger partial charge in [0.2, 0.25) is 10.0 Å². The Bertz CT molecular complexity index is 961. The largest absolute Gasteiger partial charge is 0.489 e. The van der Waals surface area contributed by atoms with E-state index in [4.69, 9.17) is 14.2 Å². The van der Waals surface area contributed by atoms with Crippen LogP contribution in [0, 0.1) is 5.82 Å². The fraction of sp³-hybridized carbons (Fsp3) is 0.400. The second-order valence-corrected chi connectivity index (χ2v) is 8.77. The van der Waals surface area contributed by atoms with Crippen molar-refractivity contribution in [3.05, 3.63) is 48.3 Å². The molecule has 0 amide bonds. The lowest BCUT2D eigenvalue weighted by Gasteiger charge is -2.34. The molecular formula is C20H23FN2O5S. The summed E-state index contributed by atoms with van der Waals surface area (Å²) < 4.78 is 57.4. The molecule has 156 valence electrons. The van der Waals surface area contributed by atoms with Gasteiger partial charge in [0.1, 0.15) is 19.8 Å². The zero-order valence-electron chi connectivity index (χ0n) is 15.9. The van der Waals surface area contributed by atoms with Crippen LogP contribution in [0.1, 0.15) is 0 Å². The maximum absolute atomic E-state index is 13.6. The molecule has 2 aromatic rings. The highest BCUT2D eigenvalue weighted by molar-refractivity contribution is 7.89. The first-order chi connectivity index (χ1) is 14.0. The molecule has 2 aliphatic heterocycles. The molecule has 1 saturated heterocycles. The van der Waals surface area contributed by atoms with Crippen molar-refractivity contribution in [2.45, 2.75) is 4.90 Å². The summed E-state index contributed by atoms with van der Waals surface area (Å²) in [5.41, 5.74) is 0. The van der Waals surface area contributed by atoms with Gasteiger partial charge in [0.25, 0.3) is 0 Å². The molecule has 0 aliphatic carbocycles. The Labute approximate surface area is 169 Å². The van der Waals surface area contributed by atoms with Crippen LogP contribution in [0.5, 0.6) is 17.2 Å². The van der Waals surface area contributed by atoms with E-state index in [2.05, 4.69) is 4.90 Å². The Kier molecular flexibility index (Phi) is 5.89. The van der Waals surface area contributed by atoms with Crippen molar-refractivity contribution in [1.29, 1.82) is 0 Å². The third kappa shape index (κ3) is 4.47. The SMILES string of the molecule is O=S(=O)(c1ccc2c(c1)OCCO2)N1CCN(CCOc2ccccc2F)CC1. The molecule has 29 heavy (non-hydrogen) atoms. The minimum atomic E-state index is -3.60. The number of hydrogen-bond acceptors (Lipinski definition) is 6. The summed E-state index contributed by atoms with van der Waals surface area (Å²) in [6.07, 6.45) is 0. The monoisotopic (exact) mass is 422 g/mol. The topological polar surface area (TPSA) is 68.3 Å². The highest BCUT2D eigenvalue weighted by Gasteiger charge is 2.29. The Balaban J connectivity index is 1.31. The Morgan fingerprint density at radius 3 is 2.45 bits per heavy atom. The highest BCUT2D eigenvalue weighted by atomic mass is 32.2. The number of para-hydroxylation sites is 1. The van der Waals surface area contributed by atoms with E-state index in [1.165, 1.54) is 16.4 Å². The van der Waals surface area contributed by atoms with Gasteiger partial charge in [-0.2, -0.15) is 4.31 Å². The Morgan fingerprint density at radius 1 is 0.966 bits per heavy atom. The average Bonchev–Trinajstić information content (AvgIpc) is 2.75. The lowest BCUT2D eigenvalue weighted by atomic mass is 10.3. The maximum atomic E-state index is 13.6. The molecule has 2 heterocycles. The van der Waals surface area contributed by atoms with Gasteiger partial charge < -0.3 is 14.2 Å². The van der Waals surface area contributed by atoms with Crippen LogP contribution in [-0.2, 0) is 10.0 Å². The number of rotatable bonds is 6. The zero-order valence-corrected chi connectivity index (χ0v) is 16.7. The predicted octanol–water partition coefficient (Wildman–Crippen LogP) is 1.98. The molecule has 0 saturated carbocycles. The molecule has 0 spiro atoms. The Morgan fingerprint density at radius 2 is 1.69 bits per heavy atom. The summed E-state index contributed by atoms with van der Waals surface area (Å²) in [4.78, 5) is 2.31. The highest BCUT2D eigenvalue weighted by Crippen LogP contribution is 2.33. The number of piperazine rings is 1. The van der Waals surface area contributed by atoms with Crippen molar-refractivity contribution < 1.29 is 27.0 Å². The summed E-state index contributed by atoms with van der Waals surface area (Å²) in [5, 5.41) is 0. The van der Waals surface area contributed by atoms with Crippen LogP contribution in [0.4, 0.5) is 4.39 Å². The second kappa shape index (κ2) is 8.56. The molecule has 4 rings (SSSR count). The van der Waals surface area contributed by atoms with Gasteiger partial charge in [-0.1, -0.05) is 12.1 Å². The minimum Gasteiger partial charge on any atom is -0.489 e. The summed E-state index contributed by atoms with van der Waals surface area (Å²) >= 11 is 0. The van der Waals surface area contributed by atoms with Gasteiger partial charge in [0.05, 0.1) is 4.90 Å². The van der Waals surface area contributed by atoms with Crippen LogP contribution in [-0.4, -0.2) is 70.2 Å². The van der Waals surface area contributed by atoms with Gasteiger partial charge in [-0.25, -0.2) is 12.8 Å². The smallest absolute Gasteiger partial charge is 0.243 e. The fourth-order valence-corrected chi connectivity index (χ4v) is 4.81. The van der Waals surface area contributed by atoms with E-state index in [1.54, 1.807) is 30.3 Å². The van der Waals surface area contributed by atoms with E-state index in [0.29, 0.717) is 64.0 Å². The van der Waals surface area contributed by atoms with Gasteiger partial charge in [-0.05, 0) is 24.3 Å². The van der Waals surface area contributed by atoms with Crippen LogP contribution >= 0.6 is 0 Å². The molecule has 2 aromatic carbocycles. The van der Waals surface area contributed by atoms with E-state index in [1.807, 2.05) is 0 Å². The standard InChI is InChI=1S/C20H23FN2O5S/c21-17-3-1-2-4-18(17)26-12-11-22-7-9-23(10-8-22)29(24,25)16-5-6-19-20(15-16)28-14-13-27-19/h1-6,15H,7-14H2. The number of benzene rings is 2. The van der Waals surface area contributed by atoms with E-state index < -0.39 is 10.0 Å². The van der Waals surface area contributed by atoms with E-state index in [0.717, 1.165) is 0 Å². The molecule has 0 aromatic heterocycles. The molecule has 7 nitrogen and oxygen atoms in total. The van der Waals surface area contributed by atoms with Crippen molar-refractivity contribution >= 4 is 10.0 Å². The van der Waals surface area contributed by atoms with Crippen molar-refractivity contribution in [3.63, 3.8) is 0 Å². The quantitative estimate of drug-likeness (QED) is 0.709. The lowest BCUT2D eigenvalue weighted by molar-refractivity contribution is 0.157. The normalized spacial score (nSPS) is 17.8. The van der Waals surface area contributed by atoms with E-state index in [-0.39, 0.29) is 16.5 Å². The number of halogens is 1. The third-order valence-corrected chi connectivity index (χ3v) is 6.88. The van der Waals surface area contributed by atoms with E-state index >= 15 is 0 Å².